The molecule has 4 N–H and O–H groups in total. The van der Waals surface area contributed by atoms with E-state index in [4.69, 9.17) is 10.7 Å². The zero-order valence-electron chi connectivity index (χ0n) is 18.5. The van der Waals surface area contributed by atoms with Crippen molar-refractivity contribution in [1.82, 2.24) is 10.6 Å². The van der Waals surface area contributed by atoms with E-state index in [9.17, 15) is 9.59 Å². The van der Waals surface area contributed by atoms with Crippen molar-refractivity contribution in [1.29, 1.82) is 0 Å². The van der Waals surface area contributed by atoms with Gasteiger partial charge >= 0.3 is 6.03 Å². The molecule has 7 heteroatoms. The Morgan fingerprint density at radius 2 is 1.83 bits per heavy atom. The van der Waals surface area contributed by atoms with Crippen molar-refractivity contribution < 1.29 is 9.59 Å². The fourth-order valence-electron chi connectivity index (χ4n) is 2.61. The van der Waals surface area contributed by atoms with E-state index >= 15 is 0 Å². The first-order valence-electron chi connectivity index (χ1n) is 10.1. The Bertz CT molecular complexity index is 755. The molecule has 0 aromatic heterocycles. The second-order valence-electron chi connectivity index (χ2n) is 7.54. The number of rotatable bonds is 11. The van der Waals surface area contributed by atoms with Crippen LogP contribution in [0.3, 0.4) is 0 Å². The van der Waals surface area contributed by atoms with Crippen molar-refractivity contribution in [3.8, 4) is 0 Å². The average molecular weight is 402 g/mol. The van der Waals surface area contributed by atoms with E-state index in [1.165, 1.54) is 19.8 Å². The van der Waals surface area contributed by atoms with Crippen molar-refractivity contribution in [2.24, 2.45) is 27.6 Å². The van der Waals surface area contributed by atoms with Gasteiger partial charge in [-0.3, -0.25) is 14.8 Å². The summed E-state index contributed by atoms with van der Waals surface area (Å²) in [6.45, 7) is 10.5. The molecule has 0 aromatic carbocycles. The molecule has 0 unspecified atom stereocenters. The Labute approximate surface area is 174 Å². The van der Waals surface area contributed by atoms with E-state index in [2.05, 4.69) is 35.5 Å². The number of primary amides is 1. The number of nitrogens with one attached hydrogen (secondary N) is 2. The second-order valence-corrected chi connectivity index (χ2v) is 7.54. The van der Waals surface area contributed by atoms with Gasteiger partial charge in [-0.1, -0.05) is 13.8 Å². The van der Waals surface area contributed by atoms with E-state index in [0.717, 1.165) is 36.0 Å². The van der Waals surface area contributed by atoms with Gasteiger partial charge in [-0.05, 0) is 57.1 Å². The molecule has 1 atom stereocenters. The third-order valence-corrected chi connectivity index (χ3v) is 4.73. The minimum absolute atomic E-state index is 0.112. The molecule has 0 spiro atoms. The summed E-state index contributed by atoms with van der Waals surface area (Å²) in [6, 6.07) is -0.786. The number of allylic oxidation sites excluding steroid dienone is 6. The minimum Gasteiger partial charge on any atom is -0.362 e. The van der Waals surface area contributed by atoms with Gasteiger partial charge in [0.05, 0.1) is 5.70 Å². The number of carbonyl (C=O) groups excluding carboxylic acids is 2. The highest BCUT2D eigenvalue weighted by molar-refractivity contribution is 5.99. The maximum absolute atomic E-state index is 11.8. The van der Waals surface area contributed by atoms with Crippen LogP contribution < -0.4 is 16.4 Å². The Balaban J connectivity index is 3.13. The molecule has 0 heterocycles. The number of hydrogen-bond donors (Lipinski definition) is 3. The van der Waals surface area contributed by atoms with Crippen LogP contribution in [0.5, 0.6) is 0 Å². The van der Waals surface area contributed by atoms with E-state index in [-0.39, 0.29) is 11.5 Å². The van der Waals surface area contributed by atoms with E-state index in [1.54, 1.807) is 19.3 Å². The van der Waals surface area contributed by atoms with Crippen molar-refractivity contribution in [3.05, 3.63) is 34.8 Å². The summed E-state index contributed by atoms with van der Waals surface area (Å²) < 4.78 is 0. The normalized spacial score (nSPS) is 17.8. The predicted molar refractivity (Wildman–Crippen MR) is 120 cm³/mol. The number of amides is 2. The lowest BCUT2D eigenvalue weighted by Crippen LogP contribution is -2.31. The molecule has 0 saturated heterocycles. The van der Waals surface area contributed by atoms with Gasteiger partial charge in [0.2, 0.25) is 0 Å². The van der Waals surface area contributed by atoms with Crippen LogP contribution in [0.1, 0.15) is 53.9 Å². The van der Waals surface area contributed by atoms with Crippen LogP contribution in [0.15, 0.2) is 44.8 Å². The standard InChI is InChI=1S/C22H35N5O2/c1-7-14(2)20(25-12-18-8-9-18)10-15(3)26-16(4)19(13-24-6)11-21(17(5)28)27-22(23)29/h10-11,13-14,18,26H,7-9,12H2,1-6H3,(H3,23,27,29)/b15-10?,19-16+,21-11-,24-13?,25-20?/t14-/m1/s1. The van der Waals surface area contributed by atoms with Gasteiger partial charge in [-0.25, -0.2) is 4.79 Å². The van der Waals surface area contributed by atoms with Crippen molar-refractivity contribution in [2.75, 3.05) is 13.6 Å². The SMILES string of the molecule is CC[C@@H](C)C(C=C(C)N/C(C)=C(C=NC)\C=C(/NC(N)=O)C(C)=O)=NCC1CC1. The summed E-state index contributed by atoms with van der Waals surface area (Å²) in [7, 11) is 1.64. The van der Waals surface area contributed by atoms with Crippen LogP contribution in [0.4, 0.5) is 4.79 Å². The van der Waals surface area contributed by atoms with Gasteiger partial charge in [0.1, 0.15) is 0 Å². The molecule has 0 radical (unpaired) electrons. The summed E-state index contributed by atoms with van der Waals surface area (Å²) in [5.74, 6) is 0.838. The number of ketones is 1. The number of carbonyl (C=O) groups is 2. The molecule has 1 aliphatic rings. The predicted octanol–water partition coefficient (Wildman–Crippen LogP) is 3.49. The average Bonchev–Trinajstić information content (AvgIpc) is 3.47. The molecule has 160 valence electrons. The van der Waals surface area contributed by atoms with Gasteiger partial charge in [-0.2, -0.15) is 0 Å². The number of nitrogens with two attached hydrogens (primary N) is 1. The number of aliphatic imine (C=N–C) groups is 2. The number of urea groups is 1. The maximum atomic E-state index is 11.8. The molecule has 0 aromatic rings. The van der Waals surface area contributed by atoms with Crippen molar-refractivity contribution in [2.45, 2.75) is 53.9 Å². The smallest absolute Gasteiger partial charge is 0.316 e. The first kappa shape index (κ1) is 24.3. The highest BCUT2D eigenvalue weighted by Crippen LogP contribution is 2.29. The van der Waals surface area contributed by atoms with E-state index in [1.807, 2.05) is 13.8 Å². The van der Waals surface area contributed by atoms with Gasteiger partial charge in [0.25, 0.3) is 0 Å². The van der Waals surface area contributed by atoms with Gasteiger partial charge in [0, 0.05) is 49.4 Å². The molecule has 0 bridgehead atoms. The van der Waals surface area contributed by atoms with Crippen LogP contribution in [0.25, 0.3) is 0 Å². The van der Waals surface area contributed by atoms with Gasteiger partial charge in [-0.15, -0.1) is 0 Å². The second kappa shape index (κ2) is 12.0. The summed E-state index contributed by atoms with van der Waals surface area (Å²) in [5.41, 5.74) is 8.77. The highest BCUT2D eigenvalue weighted by atomic mass is 16.2. The van der Waals surface area contributed by atoms with Gasteiger partial charge < -0.3 is 16.4 Å². The first-order valence-corrected chi connectivity index (χ1v) is 10.1. The molecule has 29 heavy (non-hydrogen) atoms. The monoisotopic (exact) mass is 401 g/mol. The van der Waals surface area contributed by atoms with Crippen LogP contribution in [-0.4, -0.2) is 37.3 Å². The lowest BCUT2D eigenvalue weighted by atomic mass is 10.0. The summed E-state index contributed by atoms with van der Waals surface area (Å²) in [4.78, 5) is 31.8. The van der Waals surface area contributed by atoms with E-state index < -0.39 is 6.03 Å². The summed E-state index contributed by atoms with van der Waals surface area (Å²) in [5, 5.41) is 5.70. The summed E-state index contributed by atoms with van der Waals surface area (Å²) >= 11 is 0. The fraction of sp³-hybridized carbons (Fsp3) is 0.545. The lowest BCUT2D eigenvalue weighted by molar-refractivity contribution is -0.113. The molecule has 1 aliphatic carbocycles. The molecule has 1 rings (SSSR count). The van der Waals surface area contributed by atoms with Crippen molar-refractivity contribution >= 4 is 23.7 Å². The van der Waals surface area contributed by atoms with Crippen LogP contribution in [0, 0.1) is 11.8 Å². The number of nitrogens with zero attached hydrogens (tertiary/aromatic N) is 2. The quantitative estimate of drug-likeness (QED) is 0.280. The molecular weight excluding hydrogens is 366 g/mol. The van der Waals surface area contributed by atoms with E-state index in [0.29, 0.717) is 11.5 Å². The Morgan fingerprint density at radius 3 is 2.31 bits per heavy atom. The summed E-state index contributed by atoms with van der Waals surface area (Å²) in [6.07, 6.45) is 8.86. The highest BCUT2D eigenvalue weighted by Gasteiger charge is 2.21. The largest absolute Gasteiger partial charge is 0.362 e. The molecule has 1 fully saturated rings. The number of hydrogen-bond acceptors (Lipinski definition) is 5. The topological polar surface area (TPSA) is 109 Å². The van der Waals surface area contributed by atoms with Crippen LogP contribution >= 0.6 is 0 Å². The molecule has 1 saturated carbocycles. The molecule has 7 nitrogen and oxygen atoms in total. The zero-order chi connectivity index (χ0) is 22.0. The fourth-order valence-corrected chi connectivity index (χ4v) is 2.61. The maximum Gasteiger partial charge on any atom is 0.316 e. The Morgan fingerprint density at radius 1 is 1.17 bits per heavy atom. The third kappa shape index (κ3) is 9.36. The minimum atomic E-state index is -0.786. The van der Waals surface area contributed by atoms with Crippen LogP contribution in [0.2, 0.25) is 0 Å². The molecular formula is C22H35N5O2. The first-order chi connectivity index (χ1) is 13.7. The van der Waals surface area contributed by atoms with Gasteiger partial charge in [0.15, 0.2) is 5.78 Å². The Hall–Kier alpha value is -2.70. The Kier molecular flexibility index (Phi) is 10.1. The van der Waals surface area contributed by atoms with Crippen LogP contribution in [-0.2, 0) is 4.79 Å². The number of Topliss-reactive ketones (excluding diaryl/α,β-unsaturated/α-hetero) is 1. The lowest BCUT2D eigenvalue weighted by Gasteiger charge is -2.14. The van der Waals surface area contributed by atoms with Crippen molar-refractivity contribution in [3.63, 3.8) is 0 Å². The molecule has 0 aliphatic heterocycles. The third-order valence-electron chi connectivity index (χ3n) is 4.73. The zero-order valence-corrected chi connectivity index (χ0v) is 18.5. The molecule has 2 amide bonds.